The fourth-order valence-corrected chi connectivity index (χ4v) is 4.47. The molecule has 0 saturated heterocycles. The van der Waals surface area contributed by atoms with Gasteiger partial charge in [-0.3, -0.25) is 19.3 Å². The Morgan fingerprint density at radius 3 is 2.39 bits per heavy atom. The summed E-state index contributed by atoms with van der Waals surface area (Å²) in [6.07, 6.45) is 0.305. The second kappa shape index (κ2) is 9.11. The third-order valence-electron chi connectivity index (χ3n) is 5.32. The van der Waals surface area contributed by atoms with Crippen molar-refractivity contribution in [3.05, 3.63) is 64.8 Å². The number of carbonyl (C=O) groups is 3. The van der Waals surface area contributed by atoms with Gasteiger partial charge in [0, 0.05) is 10.9 Å². The minimum absolute atomic E-state index is 0.0548. The van der Waals surface area contributed by atoms with Crippen molar-refractivity contribution >= 4 is 34.2 Å². The molecule has 0 radical (unpaired) electrons. The zero-order chi connectivity index (χ0) is 23.7. The highest BCUT2D eigenvalue weighted by Crippen LogP contribution is 2.30. The SMILES string of the molecule is COc1ccc(-c2csc(NC(=O)C(CC(C)C)N3C(=O)c4ccccc4C3=O)n2)cc1F. The van der Waals surface area contributed by atoms with Crippen LogP contribution in [0.2, 0.25) is 0 Å². The first-order chi connectivity index (χ1) is 15.8. The van der Waals surface area contributed by atoms with Gasteiger partial charge in [0.15, 0.2) is 16.7 Å². The third kappa shape index (κ3) is 4.36. The average Bonchev–Trinajstić information content (AvgIpc) is 3.35. The number of fused-ring (bicyclic) bond motifs is 1. The zero-order valence-corrected chi connectivity index (χ0v) is 19.1. The maximum absolute atomic E-state index is 14.1. The minimum atomic E-state index is -0.983. The molecule has 1 N–H and O–H groups in total. The first-order valence-electron chi connectivity index (χ1n) is 10.4. The number of nitrogens with one attached hydrogen (secondary N) is 1. The van der Waals surface area contributed by atoms with Gasteiger partial charge in [0.25, 0.3) is 11.8 Å². The standard InChI is InChI=1S/C24H22FN3O4S/c1-13(2)10-19(28-22(30)15-6-4-5-7-16(15)23(28)31)21(29)27-24-26-18(12-33-24)14-8-9-20(32-3)17(25)11-14/h4-9,11-13,19H,10H2,1-3H3,(H,26,27,29). The Bertz CT molecular complexity index is 1200. The number of hydrogen-bond acceptors (Lipinski definition) is 6. The summed E-state index contributed by atoms with van der Waals surface area (Å²) in [5.41, 5.74) is 1.60. The smallest absolute Gasteiger partial charge is 0.262 e. The van der Waals surface area contributed by atoms with Crippen molar-refractivity contribution in [3.8, 4) is 17.0 Å². The van der Waals surface area contributed by atoms with Crippen molar-refractivity contribution in [2.75, 3.05) is 12.4 Å². The lowest BCUT2D eigenvalue weighted by molar-refractivity contribution is -0.120. The van der Waals surface area contributed by atoms with Crippen LogP contribution in [-0.2, 0) is 4.79 Å². The van der Waals surface area contributed by atoms with Crippen molar-refractivity contribution in [1.82, 2.24) is 9.88 Å². The Kier molecular flexibility index (Phi) is 6.24. The summed E-state index contributed by atoms with van der Waals surface area (Å²) in [6, 6.07) is 10.0. The Morgan fingerprint density at radius 2 is 1.82 bits per heavy atom. The normalized spacial score (nSPS) is 13.9. The highest BCUT2D eigenvalue weighted by Gasteiger charge is 2.42. The number of imide groups is 1. The lowest BCUT2D eigenvalue weighted by atomic mass is 10.0. The quantitative estimate of drug-likeness (QED) is 0.513. The van der Waals surface area contributed by atoms with Gasteiger partial charge in [-0.1, -0.05) is 26.0 Å². The van der Waals surface area contributed by atoms with Crippen LogP contribution in [0.25, 0.3) is 11.3 Å². The molecule has 1 aliphatic rings. The molecule has 33 heavy (non-hydrogen) atoms. The van der Waals surface area contributed by atoms with Gasteiger partial charge in [0.05, 0.1) is 23.9 Å². The summed E-state index contributed by atoms with van der Waals surface area (Å²) in [6.45, 7) is 3.83. The number of ether oxygens (including phenoxy) is 1. The van der Waals surface area contributed by atoms with Crippen molar-refractivity contribution in [3.63, 3.8) is 0 Å². The Labute approximate surface area is 194 Å². The van der Waals surface area contributed by atoms with Gasteiger partial charge in [-0.25, -0.2) is 9.37 Å². The van der Waals surface area contributed by atoms with Gasteiger partial charge in [0.2, 0.25) is 5.91 Å². The number of rotatable bonds is 7. The molecule has 2 aromatic carbocycles. The molecular weight excluding hydrogens is 445 g/mol. The van der Waals surface area contributed by atoms with Gasteiger partial charge < -0.3 is 10.1 Å². The van der Waals surface area contributed by atoms with Gasteiger partial charge in [-0.2, -0.15) is 0 Å². The predicted octanol–water partition coefficient (Wildman–Crippen LogP) is 4.61. The molecule has 0 saturated carbocycles. The fourth-order valence-electron chi connectivity index (χ4n) is 3.75. The Morgan fingerprint density at radius 1 is 1.15 bits per heavy atom. The van der Waals surface area contributed by atoms with Crippen molar-refractivity contribution in [2.45, 2.75) is 26.3 Å². The number of aromatic nitrogens is 1. The van der Waals surface area contributed by atoms with Crippen LogP contribution in [0, 0.1) is 11.7 Å². The number of benzene rings is 2. The van der Waals surface area contributed by atoms with Crippen LogP contribution in [-0.4, -0.2) is 40.8 Å². The van der Waals surface area contributed by atoms with E-state index in [1.807, 2.05) is 13.8 Å². The lowest BCUT2D eigenvalue weighted by Gasteiger charge is -2.26. The molecular formula is C24H22FN3O4S. The van der Waals surface area contributed by atoms with Gasteiger partial charge in [0.1, 0.15) is 6.04 Å². The summed E-state index contributed by atoms with van der Waals surface area (Å²) >= 11 is 1.17. The number of halogens is 1. The maximum Gasteiger partial charge on any atom is 0.262 e. The van der Waals surface area contributed by atoms with Crippen molar-refractivity contribution in [2.24, 2.45) is 5.92 Å². The summed E-state index contributed by atoms with van der Waals surface area (Å²) in [4.78, 5) is 44.5. The van der Waals surface area contributed by atoms with E-state index in [1.54, 1.807) is 35.7 Å². The molecule has 0 spiro atoms. The van der Waals surface area contributed by atoms with Crippen molar-refractivity contribution < 1.29 is 23.5 Å². The molecule has 3 aromatic rings. The highest BCUT2D eigenvalue weighted by molar-refractivity contribution is 7.14. The number of anilines is 1. The number of carbonyl (C=O) groups excluding carboxylic acids is 3. The summed E-state index contributed by atoms with van der Waals surface area (Å²) in [5, 5.41) is 4.70. The number of thiazole rings is 1. The molecule has 4 rings (SSSR count). The van der Waals surface area contributed by atoms with Crippen LogP contribution in [0.4, 0.5) is 9.52 Å². The second-order valence-corrected chi connectivity index (χ2v) is 8.91. The van der Waals surface area contributed by atoms with E-state index >= 15 is 0 Å². The largest absolute Gasteiger partial charge is 0.494 e. The van der Waals surface area contributed by atoms with E-state index in [0.717, 1.165) is 4.90 Å². The van der Waals surface area contributed by atoms with Gasteiger partial charge >= 0.3 is 0 Å². The van der Waals surface area contributed by atoms with Crippen LogP contribution < -0.4 is 10.1 Å². The summed E-state index contributed by atoms with van der Waals surface area (Å²) in [5.74, 6) is -1.80. The van der Waals surface area contributed by atoms with E-state index in [9.17, 15) is 18.8 Å². The first-order valence-corrected chi connectivity index (χ1v) is 11.2. The predicted molar refractivity (Wildman–Crippen MR) is 123 cm³/mol. The first kappa shape index (κ1) is 22.6. The van der Waals surface area contributed by atoms with E-state index in [0.29, 0.717) is 28.8 Å². The molecule has 7 nitrogen and oxygen atoms in total. The molecule has 1 unspecified atom stereocenters. The van der Waals surface area contributed by atoms with Gasteiger partial charge in [-0.15, -0.1) is 11.3 Å². The fraction of sp³-hybridized carbons (Fsp3) is 0.250. The van der Waals surface area contributed by atoms with E-state index in [-0.39, 0.29) is 16.8 Å². The zero-order valence-electron chi connectivity index (χ0n) is 18.3. The topological polar surface area (TPSA) is 88.6 Å². The molecule has 170 valence electrons. The van der Waals surface area contributed by atoms with Crippen LogP contribution in [0.3, 0.4) is 0 Å². The summed E-state index contributed by atoms with van der Waals surface area (Å²) in [7, 11) is 1.39. The molecule has 0 fully saturated rings. The number of nitrogens with zero attached hydrogens (tertiary/aromatic N) is 2. The highest BCUT2D eigenvalue weighted by atomic mass is 32.1. The van der Waals surface area contributed by atoms with E-state index in [4.69, 9.17) is 4.74 Å². The maximum atomic E-state index is 14.1. The second-order valence-electron chi connectivity index (χ2n) is 8.05. The van der Waals surface area contributed by atoms with Crippen LogP contribution in [0.15, 0.2) is 47.8 Å². The van der Waals surface area contributed by atoms with E-state index in [1.165, 1.54) is 30.6 Å². The molecule has 9 heteroatoms. The number of methoxy groups -OCH3 is 1. The number of hydrogen-bond donors (Lipinski definition) is 1. The van der Waals surface area contributed by atoms with Gasteiger partial charge in [-0.05, 0) is 42.7 Å². The molecule has 1 aromatic heterocycles. The summed E-state index contributed by atoms with van der Waals surface area (Å²) < 4.78 is 19.0. The molecule has 1 atom stereocenters. The van der Waals surface area contributed by atoms with E-state index < -0.39 is 29.6 Å². The molecule has 2 heterocycles. The van der Waals surface area contributed by atoms with E-state index in [2.05, 4.69) is 10.3 Å². The van der Waals surface area contributed by atoms with Crippen LogP contribution in [0.5, 0.6) is 5.75 Å². The van der Waals surface area contributed by atoms with Crippen molar-refractivity contribution in [1.29, 1.82) is 0 Å². The third-order valence-corrected chi connectivity index (χ3v) is 6.07. The molecule has 0 bridgehead atoms. The molecule has 0 aliphatic carbocycles. The lowest BCUT2D eigenvalue weighted by Crippen LogP contribution is -2.47. The van der Waals surface area contributed by atoms with Crippen LogP contribution in [0.1, 0.15) is 41.0 Å². The monoisotopic (exact) mass is 467 g/mol. The van der Waals surface area contributed by atoms with Crippen LogP contribution >= 0.6 is 11.3 Å². The Balaban J connectivity index is 1.56. The minimum Gasteiger partial charge on any atom is -0.494 e. The number of amides is 3. The Hall–Kier alpha value is -3.59. The molecule has 3 amide bonds. The molecule has 1 aliphatic heterocycles. The average molecular weight is 468 g/mol.